The van der Waals surface area contributed by atoms with Gasteiger partial charge in [0.05, 0.1) is 0 Å². The summed E-state index contributed by atoms with van der Waals surface area (Å²) < 4.78 is 0. The van der Waals surface area contributed by atoms with E-state index in [1.807, 2.05) is 0 Å². The maximum Gasteiger partial charge on any atom is 0.325 e. The van der Waals surface area contributed by atoms with Crippen LogP contribution in [0.15, 0.2) is 0 Å². The lowest BCUT2D eigenvalue weighted by Gasteiger charge is -2.21. The summed E-state index contributed by atoms with van der Waals surface area (Å²) in [6.45, 7) is 2.82. The molecule has 4 amide bonds. The van der Waals surface area contributed by atoms with Crippen molar-refractivity contribution in [3.63, 3.8) is 0 Å². The van der Waals surface area contributed by atoms with Gasteiger partial charge in [-0.2, -0.15) is 0 Å². The minimum atomic E-state index is -1.06. The van der Waals surface area contributed by atoms with E-state index in [4.69, 9.17) is 5.11 Å². The van der Waals surface area contributed by atoms with Crippen molar-refractivity contribution in [3.8, 4) is 0 Å². The molecule has 0 radical (unpaired) electrons. The number of hydrogen-bond acceptors (Lipinski definition) is 4. The van der Waals surface area contributed by atoms with Gasteiger partial charge in [0.25, 0.3) is 5.91 Å². The van der Waals surface area contributed by atoms with E-state index in [2.05, 4.69) is 5.32 Å². The molecule has 8 nitrogen and oxygen atoms in total. The zero-order chi connectivity index (χ0) is 15.8. The Kier molecular flexibility index (Phi) is 3.89. The highest BCUT2D eigenvalue weighted by atomic mass is 16.4. The van der Waals surface area contributed by atoms with Gasteiger partial charge in [-0.05, 0) is 26.7 Å². The second-order valence-corrected chi connectivity index (χ2v) is 5.91. The Balaban J connectivity index is 1.92. The summed E-state index contributed by atoms with van der Waals surface area (Å²) in [6, 6.07) is -0.540. The minimum absolute atomic E-state index is 0.0202. The quantitative estimate of drug-likeness (QED) is 0.659. The number of nitrogens with zero attached hydrogens (tertiary/aromatic N) is 2. The van der Waals surface area contributed by atoms with Crippen molar-refractivity contribution < 1.29 is 24.3 Å². The van der Waals surface area contributed by atoms with E-state index in [1.165, 1.54) is 4.90 Å². The third-order valence-corrected chi connectivity index (χ3v) is 3.61. The molecule has 1 aliphatic carbocycles. The first-order valence-electron chi connectivity index (χ1n) is 6.88. The van der Waals surface area contributed by atoms with E-state index in [1.54, 1.807) is 13.8 Å². The number of aliphatic carboxylic acids is 1. The Bertz CT molecular complexity index is 498. The molecule has 1 saturated heterocycles. The van der Waals surface area contributed by atoms with Crippen LogP contribution in [0.25, 0.3) is 0 Å². The van der Waals surface area contributed by atoms with Gasteiger partial charge in [-0.3, -0.25) is 19.3 Å². The summed E-state index contributed by atoms with van der Waals surface area (Å²) >= 11 is 0. The van der Waals surface area contributed by atoms with Gasteiger partial charge >= 0.3 is 12.0 Å². The number of rotatable bonds is 6. The molecule has 0 aromatic heterocycles. The Morgan fingerprint density at radius 1 is 1.38 bits per heavy atom. The predicted octanol–water partition coefficient (Wildman–Crippen LogP) is -0.217. The van der Waals surface area contributed by atoms with Crippen molar-refractivity contribution in [2.45, 2.75) is 44.7 Å². The van der Waals surface area contributed by atoms with E-state index in [0.29, 0.717) is 0 Å². The summed E-state index contributed by atoms with van der Waals surface area (Å²) in [5, 5.41) is 11.4. The Labute approximate surface area is 122 Å². The molecular formula is C13H19N3O5. The second-order valence-electron chi connectivity index (χ2n) is 5.91. The number of carboxylic acid groups (broad SMARTS) is 1. The molecule has 2 aliphatic rings. The largest absolute Gasteiger partial charge is 0.480 e. The van der Waals surface area contributed by atoms with Crippen molar-refractivity contribution in [1.82, 2.24) is 15.1 Å². The highest BCUT2D eigenvalue weighted by Crippen LogP contribution is 2.27. The lowest BCUT2D eigenvalue weighted by atomic mass is 10.1. The number of nitrogens with one attached hydrogen (secondary N) is 1. The first-order chi connectivity index (χ1) is 9.72. The van der Waals surface area contributed by atoms with E-state index in [0.717, 1.165) is 17.7 Å². The number of hydrogen-bond donors (Lipinski definition) is 2. The second kappa shape index (κ2) is 5.34. The molecule has 0 bridgehead atoms. The fraction of sp³-hybridized carbons (Fsp3) is 0.692. The summed E-state index contributed by atoms with van der Waals surface area (Å²) in [6.07, 6.45) is 1.55. The van der Waals surface area contributed by atoms with Gasteiger partial charge in [-0.1, -0.05) is 0 Å². The van der Waals surface area contributed by atoms with E-state index in [-0.39, 0.29) is 37.4 Å². The first kappa shape index (κ1) is 15.3. The zero-order valence-corrected chi connectivity index (χ0v) is 12.1. The molecule has 0 atom stereocenters. The number of carboxylic acids is 1. The van der Waals surface area contributed by atoms with E-state index in [9.17, 15) is 19.2 Å². The molecule has 0 unspecified atom stereocenters. The lowest BCUT2D eigenvalue weighted by molar-refractivity contribution is -0.145. The van der Waals surface area contributed by atoms with Crippen molar-refractivity contribution in [2.75, 3.05) is 13.1 Å². The van der Waals surface area contributed by atoms with Crippen LogP contribution < -0.4 is 5.32 Å². The van der Waals surface area contributed by atoms with Crippen LogP contribution in [-0.2, 0) is 14.4 Å². The van der Waals surface area contributed by atoms with Crippen molar-refractivity contribution >= 4 is 23.8 Å². The summed E-state index contributed by atoms with van der Waals surface area (Å²) in [4.78, 5) is 48.8. The van der Waals surface area contributed by atoms with Crippen molar-refractivity contribution in [1.29, 1.82) is 0 Å². The fourth-order valence-corrected chi connectivity index (χ4v) is 2.32. The molecule has 1 heterocycles. The minimum Gasteiger partial charge on any atom is -0.480 e. The van der Waals surface area contributed by atoms with Crippen LogP contribution in [0.4, 0.5) is 4.79 Å². The number of carbonyl (C=O) groups is 4. The van der Waals surface area contributed by atoms with Gasteiger partial charge in [0.15, 0.2) is 0 Å². The van der Waals surface area contributed by atoms with Crippen LogP contribution in [0.2, 0.25) is 0 Å². The standard InChI is InChI=1S/C13H19N3O5/c1-13(2)11(20)15(12(21)14-13)6-5-9(17)16(7-10(18)19)8-3-4-8/h8H,3-7H2,1-2H3,(H,14,21)(H,18,19). The number of urea groups is 1. The van der Waals surface area contributed by atoms with Crippen LogP contribution in [0, 0.1) is 0 Å². The summed E-state index contributed by atoms with van der Waals surface area (Å²) in [7, 11) is 0. The number of carbonyl (C=O) groups excluding carboxylic acids is 3. The third kappa shape index (κ3) is 3.32. The molecule has 2 fully saturated rings. The Morgan fingerprint density at radius 3 is 2.43 bits per heavy atom. The molecule has 8 heteroatoms. The molecule has 116 valence electrons. The number of imide groups is 1. The predicted molar refractivity (Wildman–Crippen MR) is 71.3 cm³/mol. The zero-order valence-electron chi connectivity index (χ0n) is 12.1. The summed E-state index contributed by atoms with van der Waals surface area (Å²) in [5.74, 6) is -1.78. The van der Waals surface area contributed by atoms with Crippen LogP contribution in [0.5, 0.6) is 0 Å². The highest BCUT2D eigenvalue weighted by Gasteiger charge is 2.44. The van der Waals surface area contributed by atoms with Crippen LogP contribution in [0.3, 0.4) is 0 Å². The molecule has 0 aromatic rings. The maximum atomic E-state index is 12.1. The first-order valence-corrected chi connectivity index (χ1v) is 6.88. The molecule has 0 spiro atoms. The molecule has 1 saturated carbocycles. The van der Waals surface area contributed by atoms with Crippen LogP contribution in [0.1, 0.15) is 33.1 Å². The monoisotopic (exact) mass is 297 g/mol. The normalized spacial score (nSPS) is 20.4. The SMILES string of the molecule is CC1(C)NC(=O)N(CCC(=O)N(CC(=O)O)C2CC2)C1=O. The van der Waals surface area contributed by atoms with Crippen molar-refractivity contribution in [2.24, 2.45) is 0 Å². The van der Waals surface area contributed by atoms with Gasteiger partial charge in [-0.15, -0.1) is 0 Å². The van der Waals surface area contributed by atoms with Gasteiger partial charge in [-0.25, -0.2) is 4.79 Å². The number of amides is 4. The molecule has 2 rings (SSSR count). The third-order valence-electron chi connectivity index (χ3n) is 3.61. The van der Waals surface area contributed by atoms with Gasteiger partial charge in [0.2, 0.25) is 5.91 Å². The van der Waals surface area contributed by atoms with E-state index < -0.39 is 17.5 Å². The molecule has 1 aliphatic heterocycles. The van der Waals surface area contributed by atoms with Crippen molar-refractivity contribution in [3.05, 3.63) is 0 Å². The highest BCUT2D eigenvalue weighted by molar-refractivity contribution is 6.06. The fourth-order valence-electron chi connectivity index (χ4n) is 2.32. The van der Waals surface area contributed by atoms with Gasteiger partial charge in [0.1, 0.15) is 12.1 Å². The topological polar surface area (TPSA) is 107 Å². The molecular weight excluding hydrogens is 278 g/mol. The van der Waals surface area contributed by atoms with Crippen LogP contribution >= 0.6 is 0 Å². The Hall–Kier alpha value is -2.12. The smallest absolute Gasteiger partial charge is 0.325 e. The molecule has 21 heavy (non-hydrogen) atoms. The van der Waals surface area contributed by atoms with E-state index >= 15 is 0 Å². The van der Waals surface area contributed by atoms with Crippen LogP contribution in [-0.4, -0.2) is 63.4 Å². The lowest BCUT2D eigenvalue weighted by Crippen LogP contribution is -2.42. The summed E-state index contributed by atoms with van der Waals surface area (Å²) in [5.41, 5.74) is -0.961. The maximum absolute atomic E-state index is 12.1. The molecule has 2 N–H and O–H groups in total. The van der Waals surface area contributed by atoms with Gasteiger partial charge < -0.3 is 15.3 Å². The average molecular weight is 297 g/mol. The average Bonchev–Trinajstić information content (AvgIpc) is 3.15. The van der Waals surface area contributed by atoms with Gasteiger partial charge in [0, 0.05) is 19.0 Å². The molecule has 0 aromatic carbocycles. The Morgan fingerprint density at radius 2 is 2.00 bits per heavy atom.